The van der Waals surface area contributed by atoms with E-state index in [4.69, 9.17) is 9.47 Å². The Morgan fingerprint density at radius 1 is 1.16 bits per heavy atom. The standard InChI is InChI=1S/C18H31N3O2S.HI/c1-6-22-16-9-8-15(12-17(16)23-7-2)10-11-20-18(19-4)21-13-14(3)24-5;/h8-9,12,14H,6-7,10-11,13H2,1-5H3,(H2,19,20,21);1H. The Balaban J connectivity index is 0.00000576. The Kier molecular flexibility index (Phi) is 13.9. The van der Waals surface area contributed by atoms with Crippen molar-refractivity contribution in [3.63, 3.8) is 0 Å². The van der Waals surface area contributed by atoms with Gasteiger partial charge in [0.15, 0.2) is 17.5 Å². The topological polar surface area (TPSA) is 54.9 Å². The maximum atomic E-state index is 5.67. The highest BCUT2D eigenvalue weighted by Gasteiger charge is 2.07. The number of benzene rings is 1. The summed E-state index contributed by atoms with van der Waals surface area (Å²) in [7, 11) is 1.79. The van der Waals surface area contributed by atoms with Gasteiger partial charge in [0.1, 0.15) is 0 Å². The van der Waals surface area contributed by atoms with E-state index >= 15 is 0 Å². The monoisotopic (exact) mass is 481 g/mol. The fourth-order valence-corrected chi connectivity index (χ4v) is 2.37. The van der Waals surface area contributed by atoms with Gasteiger partial charge in [-0.25, -0.2) is 0 Å². The molecule has 2 N–H and O–H groups in total. The first-order valence-corrected chi connectivity index (χ1v) is 9.79. The first-order chi connectivity index (χ1) is 11.6. The third-order valence-corrected chi connectivity index (χ3v) is 4.47. The van der Waals surface area contributed by atoms with Crippen molar-refractivity contribution in [1.82, 2.24) is 10.6 Å². The summed E-state index contributed by atoms with van der Waals surface area (Å²) in [6, 6.07) is 6.13. The summed E-state index contributed by atoms with van der Waals surface area (Å²) in [6.45, 7) is 9.13. The molecular formula is C18H32IN3O2S. The molecule has 1 atom stereocenters. The molecule has 144 valence electrons. The normalized spacial score (nSPS) is 12.1. The van der Waals surface area contributed by atoms with Crippen molar-refractivity contribution in [1.29, 1.82) is 0 Å². The third-order valence-electron chi connectivity index (χ3n) is 3.50. The van der Waals surface area contributed by atoms with Crippen molar-refractivity contribution in [3.8, 4) is 11.5 Å². The second-order valence-electron chi connectivity index (χ2n) is 5.32. The van der Waals surface area contributed by atoms with Crippen molar-refractivity contribution >= 4 is 41.7 Å². The van der Waals surface area contributed by atoms with Gasteiger partial charge in [0.2, 0.25) is 0 Å². The predicted octanol–water partition coefficient (Wildman–Crippen LogP) is 3.56. The number of hydrogen-bond acceptors (Lipinski definition) is 4. The first kappa shape index (κ1) is 24.2. The van der Waals surface area contributed by atoms with Crippen LogP contribution in [0.25, 0.3) is 0 Å². The van der Waals surface area contributed by atoms with Gasteiger partial charge in [-0.1, -0.05) is 13.0 Å². The second-order valence-corrected chi connectivity index (χ2v) is 6.60. The Morgan fingerprint density at radius 2 is 1.84 bits per heavy atom. The molecule has 0 radical (unpaired) electrons. The molecule has 0 aliphatic heterocycles. The summed E-state index contributed by atoms with van der Waals surface area (Å²) < 4.78 is 11.3. The highest BCUT2D eigenvalue weighted by atomic mass is 127. The maximum absolute atomic E-state index is 5.67. The molecule has 0 amide bonds. The number of rotatable bonds is 10. The molecule has 5 nitrogen and oxygen atoms in total. The van der Waals surface area contributed by atoms with Gasteiger partial charge in [0, 0.05) is 25.4 Å². The predicted molar refractivity (Wildman–Crippen MR) is 120 cm³/mol. The number of nitrogens with zero attached hydrogens (tertiary/aromatic N) is 1. The smallest absolute Gasteiger partial charge is 0.191 e. The highest BCUT2D eigenvalue weighted by molar-refractivity contribution is 14.0. The minimum atomic E-state index is 0. The summed E-state index contributed by atoms with van der Waals surface area (Å²) in [6.07, 6.45) is 3.01. The molecule has 0 fully saturated rings. The number of hydrogen-bond donors (Lipinski definition) is 2. The molecule has 0 aromatic heterocycles. The summed E-state index contributed by atoms with van der Waals surface area (Å²) in [4.78, 5) is 4.25. The van der Waals surface area contributed by atoms with Gasteiger partial charge in [-0.05, 0) is 44.2 Å². The molecule has 25 heavy (non-hydrogen) atoms. The van der Waals surface area contributed by atoms with Crippen LogP contribution >= 0.6 is 35.7 Å². The summed E-state index contributed by atoms with van der Waals surface area (Å²) in [5, 5.41) is 7.24. The van der Waals surface area contributed by atoms with Crippen molar-refractivity contribution < 1.29 is 9.47 Å². The average molecular weight is 481 g/mol. The minimum Gasteiger partial charge on any atom is -0.490 e. The van der Waals surface area contributed by atoms with E-state index in [2.05, 4.69) is 40.9 Å². The number of aliphatic imine (C=N–C) groups is 1. The zero-order chi connectivity index (χ0) is 17.8. The van der Waals surface area contributed by atoms with Crippen LogP contribution in [0.1, 0.15) is 26.3 Å². The van der Waals surface area contributed by atoms with Crippen molar-refractivity contribution in [2.45, 2.75) is 32.4 Å². The molecule has 1 aromatic rings. The van der Waals surface area contributed by atoms with Crippen molar-refractivity contribution in [2.24, 2.45) is 4.99 Å². The SMILES string of the molecule is CCOc1ccc(CCNC(=NC)NCC(C)SC)cc1OCC.I. The second kappa shape index (κ2) is 14.4. The van der Waals surface area contributed by atoms with Gasteiger partial charge in [-0.3, -0.25) is 4.99 Å². The van der Waals surface area contributed by atoms with Gasteiger partial charge in [0.25, 0.3) is 0 Å². The lowest BCUT2D eigenvalue weighted by molar-refractivity contribution is 0.287. The van der Waals surface area contributed by atoms with E-state index in [-0.39, 0.29) is 24.0 Å². The zero-order valence-electron chi connectivity index (χ0n) is 15.9. The fraction of sp³-hybridized carbons (Fsp3) is 0.611. The van der Waals surface area contributed by atoms with Crippen LogP contribution < -0.4 is 20.1 Å². The van der Waals surface area contributed by atoms with Gasteiger partial charge in [-0.15, -0.1) is 24.0 Å². The molecule has 0 saturated carbocycles. The van der Waals surface area contributed by atoms with E-state index in [0.29, 0.717) is 18.5 Å². The Bertz CT molecular complexity index is 515. The lowest BCUT2D eigenvalue weighted by Gasteiger charge is -2.15. The number of halogens is 1. The van der Waals surface area contributed by atoms with Crippen molar-refractivity contribution in [2.75, 3.05) is 39.6 Å². The van der Waals surface area contributed by atoms with Gasteiger partial charge in [0.05, 0.1) is 13.2 Å². The number of ether oxygens (including phenoxy) is 2. The fourth-order valence-electron chi connectivity index (χ4n) is 2.12. The third kappa shape index (κ3) is 9.44. The molecule has 0 aliphatic carbocycles. The Labute approximate surface area is 173 Å². The minimum absolute atomic E-state index is 0. The van der Waals surface area contributed by atoms with Gasteiger partial charge < -0.3 is 20.1 Å². The summed E-state index contributed by atoms with van der Waals surface area (Å²) in [5.74, 6) is 2.46. The molecule has 1 aromatic carbocycles. The molecule has 0 bridgehead atoms. The lowest BCUT2D eigenvalue weighted by Crippen LogP contribution is -2.40. The van der Waals surface area contributed by atoms with Crippen LogP contribution in [0.15, 0.2) is 23.2 Å². The Hall–Kier alpha value is -0.830. The molecule has 0 aliphatic rings. The number of guanidine groups is 1. The molecule has 1 rings (SSSR count). The van der Waals surface area contributed by atoms with Gasteiger partial charge in [-0.2, -0.15) is 11.8 Å². The van der Waals surface area contributed by atoms with E-state index in [0.717, 1.165) is 37.0 Å². The van der Waals surface area contributed by atoms with Crippen LogP contribution in [-0.4, -0.2) is 50.8 Å². The maximum Gasteiger partial charge on any atom is 0.191 e. The van der Waals surface area contributed by atoms with E-state index in [9.17, 15) is 0 Å². The largest absolute Gasteiger partial charge is 0.490 e. The quantitative estimate of drug-likeness (QED) is 0.304. The summed E-state index contributed by atoms with van der Waals surface area (Å²) in [5.41, 5.74) is 1.21. The lowest BCUT2D eigenvalue weighted by atomic mass is 10.1. The average Bonchev–Trinajstić information content (AvgIpc) is 2.60. The van der Waals surface area contributed by atoms with Crippen LogP contribution in [0, 0.1) is 0 Å². The van der Waals surface area contributed by atoms with Crippen LogP contribution in [0.2, 0.25) is 0 Å². The van der Waals surface area contributed by atoms with Crippen molar-refractivity contribution in [3.05, 3.63) is 23.8 Å². The summed E-state index contributed by atoms with van der Waals surface area (Å²) >= 11 is 1.84. The molecular weight excluding hydrogens is 449 g/mol. The molecule has 1 unspecified atom stereocenters. The van der Waals surface area contributed by atoms with Crippen LogP contribution in [-0.2, 0) is 6.42 Å². The number of nitrogens with one attached hydrogen (secondary N) is 2. The first-order valence-electron chi connectivity index (χ1n) is 8.50. The van der Waals surface area contributed by atoms with Crippen LogP contribution in [0.4, 0.5) is 0 Å². The van der Waals surface area contributed by atoms with E-state index in [1.54, 1.807) is 7.05 Å². The van der Waals surface area contributed by atoms with Gasteiger partial charge >= 0.3 is 0 Å². The molecule has 0 spiro atoms. The van der Waals surface area contributed by atoms with E-state index in [1.165, 1.54) is 5.56 Å². The molecule has 0 heterocycles. The van der Waals surface area contributed by atoms with Crippen LogP contribution in [0.5, 0.6) is 11.5 Å². The highest BCUT2D eigenvalue weighted by Crippen LogP contribution is 2.28. The van der Waals surface area contributed by atoms with E-state index in [1.807, 2.05) is 31.7 Å². The zero-order valence-corrected chi connectivity index (χ0v) is 19.1. The van der Waals surface area contributed by atoms with Crippen LogP contribution in [0.3, 0.4) is 0 Å². The Morgan fingerprint density at radius 3 is 2.44 bits per heavy atom. The van der Waals surface area contributed by atoms with E-state index < -0.39 is 0 Å². The molecule has 0 saturated heterocycles. The molecule has 7 heteroatoms. The number of thioether (sulfide) groups is 1.